The Labute approximate surface area is 108 Å². The molecule has 2 rings (SSSR count). The van der Waals surface area contributed by atoms with Crippen molar-refractivity contribution in [3.63, 3.8) is 0 Å². The van der Waals surface area contributed by atoms with Gasteiger partial charge in [-0.15, -0.1) is 0 Å². The van der Waals surface area contributed by atoms with Crippen LogP contribution < -0.4 is 5.32 Å². The molecule has 0 radical (unpaired) electrons. The van der Waals surface area contributed by atoms with Crippen LogP contribution in [0.25, 0.3) is 0 Å². The van der Waals surface area contributed by atoms with Crippen LogP contribution in [0.2, 0.25) is 0 Å². The first-order valence-corrected chi connectivity index (χ1v) is 6.61. The van der Waals surface area contributed by atoms with Crippen molar-refractivity contribution in [2.45, 2.75) is 19.4 Å². The second-order valence-corrected chi connectivity index (χ2v) is 4.58. The summed E-state index contributed by atoms with van der Waals surface area (Å²) in [6, 6.07) is 7.30. The Balaban J connectivity index is 1.79. The third-order valence-corrected chi connectivity index (χ3v) is 3.41. The summed E-state index contributed by atoms with van der Waals surface area (Å²) in [5.74, 6) is -0.188. The van der Waals surface area contributed by atoms with Gasteiger partial charge in [0.15, 0.2) is 0 Å². The first-order chi connectivity index (χ1) is 8.81. The maximum Gasteiger partial charge on any atom is 0.146 e. The molecule has 0 aromatic heterocycles. The molecule has 1 fully saturated rings. The van der Waals surface area contributed by atoms with Crippen LogP contribution in [-0.4, -0.2) is 43.8 Å². The zero-order valence-corrected chi connectivity index (χ0v) is 10.9. The number of morpholine rings is 1. The Bertz CT molecular complexity index is 373. The molecule has 1 aromatic carbocycles. The van der Waals surface area contributed by atoms with E-state index in [4.69, 9.17) is 4.74 Å². The van der Waals surface area contributed by atoms with Crippen LogP contribution in [0.4, 0.5) is 10.1 Å². The average molecular weight is 252 g/mol. The molecule has 1 heterocycles. The molecule has 1 aliphatic heterocycles. The van der Waals surface area contributed by atoms with E-state index < -0.39 is 0 Å². The Morgan fingerprint density at radius 3 is 3.06 bits per heavy atom. The molecule has 1 aromatic rings. The normalized spacial score (nSPS) is 20.9. The van der Waals surface area contributed by atoms with Gasteiger partial charge in [-0.3, -0.25) is 4.90 Å². The highest BCUT2D eigenvalue weighted by molar-refractivity contribution is 5.44. The third-order valence-electron chi connectivity index (χ3n) is 3.41. The van der Waals surface area contributed by atoms with Crippen LogP contribution in [0.5, 0.6) is 0 Å². The van der Waals surface area contributed by atoms with Crippen LogP contribution in [0, 0.1) is 5.82 Å². The Morgan fingerprint density at radius 2 is 2.28 bits per heavy atom. The lowest BCUT2D eigenvalue weighted by atomic mass is 10.2. The molecule has 1 aliphatic rings. The van der Waals surface area contributed by atoms with Gasteiger partial charge in [0.05, 0.1) is 18.9 Å². The average Bonchev–Trinajstić information content (AvgIpc) is 2.41. The highest BCUT2D eigenvalue weighted by atomic mass is 19.1. The standard InChI is InChI=1S/C14H21FN2O/c1-2-12-11-18-10-9-17(12)8-7-16-14-6-4-3-5-13(14)15/h3-6,12,16H,2,7-11H2,1H3. The topological polar surface area (TPSA) is 24.5 Å². The Morgan fingerprint density at radius 1 is 1.44 bits per heavy atom. The molecule has 0 spiro atoms. The SMILES string of the molecule is CCC1COCCN1CCNc1ccccc1F. The van der Waals surface area contributed by atoms with Gasteiger partial charge >= 0.3 is 0 Å². The maximum absolute atomic E-state index is 13.4. The second kappa shape index (κ2) is 6.71. The minimum Gasteiger partial charge on any atom is -0.381 e. The zero-order valence-electron chi connectivity index (χ0n) is 10.9. The summed E-state index contributed by atoms with van der Waals surface area (Å²) in [4.78, 5) is 2.41. The lowest BCUT2D eigenvalue weighted by Crippen LogP contribution is -2.46. The number of benzene rings is 1. The fourth-order valence-corrected chi connectivity index (χ4v) is 2.30. The smallest absolute Gasteiger partial charge is 0.146 e. The van der Waals surface area contributed by atoms with Crippen LogP contribution in [0.3, 0.4) is 0 Å². The number of anilines is 1. The molecule has 0 saturated carbocycles. The number of para-hydroxylation sites is 1. The van der Waals surface area contributed by atoms with Crippen molar-refractivity contribution < 1.29 is 9.13 Å². The summed E-state index contributed by atoms with van der Waals surface area (Å²) in [5.41, 5.74) is 0.582. The number of ether oxygens (including phenoxy) is 1. The van der Waals surface area contributed by atoms with E-state index in [2.05, 4.69) is 17.1 Å². The van der Waals surface area contributed by atoms with Gasteiger partial charge in [0, 0.05) is 25.7 Å². The molecule has 0 bridgehead atoms. The molecular weight excluding hydrogens is 231 g/mol. The van der Waals surface area contributed by atoms with Crippen molar-refractivity contribution in [3.05, 3.63) is 30.1 Å². The van der Waals surface area contributed by atoms with E-state index >= 15 is 0 Å². The van der Waals surface area contributed by atoms with Gasteiger partial charge in [-0.2, -0.15) is 0 Å². The van der Waals surface area contributed by atoms with E-state index in [9.17, 15) is 4.39 Å². The monoisotopic (exact) mass is 252 g/mol. The van der Waals surface area contributed by atoms with E-state index in [1.165, 1.54) is 6.07 Å². The summed E-state index contributed by atoms with van der Waals surface area (Å²) < 4.78 is 18.9. The molecule has 4 heteroatoms. The lowest BCUT2D eigenvalue weighted by molar-refractivity contribution is -0.00648. The summed E-state index contributed by atoms with van der Waals surface area (Å²) in [7, 11) is 0. The molecule has 100 valence electrons. The minimum atomic E-state index is -0.188. The first-order valence-electron chi connectivity index (χ1n) is 6.61. The largest absolute Gasteiger partial charge is 0.381 e. The fourth-order valence-electron chi connectivity index (χ4n) is 2.30. The number of hydrogen-bond acceptors (Lipinski definition) is 3. The molecule has 1 saturated heterocycles. The van der Waals surface area contributed by atoms with E-state index in [1.54, 1.807) is 12.1 Å². The maximum atomic E-state index is 13.4. The predicted molar refractivity (Wildman–Crippen MR) is 71.4 cm³/mol. The Kier molecular flexibility index (Phi) is 4.96. The van der Waals surface area contributed by atoms with Crippen LogP contribution in [0.1, 0.15) is 13.3 Å². The number of nitrogens with zero attached hydrogens (tertiary/aromatic N) is 1. The van der Waals surface area contributed by atoms with Crippen molar-refractivity contribution in [2.24, 2.45) is 0 Å². The van der Waals surface area contributed by atoms with Crippen molar-refractivity contribution in [3.8, 4) is 0 Å². The van der Waals surface area contributed by atoms with Gasteiger partial charge in [-0.25, -0.2) is 4.39 Å². The van der Waals surface area contributed by atoms with Gasteiger partial charge in [0.1, 0.15) is 5.82 Å². The molecular formula is C14H21FN2O. The highest BCUT2D eigenvalue weighted by Crippen LogP contribution is 2.13. The summed E-state index contributed by atoms with van der Waals surface area (Å²) >= 11 is 0. The van der Waals surface area contributed by atoms with Gasteiger partial charge in [-0.1, -0.05) is 19.1 Å². The quantitative estimate of drug-likeness (QED) is 0.870. The predicted octanol–water partition coefficient (Wildman–Crippen LogP) is 2.35. The minimum absolute atomic E-state index is 0.188. The summed E-state index contributed by atoms with van der Waals surface area (Å²) in [6.45, 7) is 6.45. The molecule has 1 unspecified atom stereocenters. The number of nitrogens with one attached hydrogen (secondary N) is 1. The van der Waals surface area contributed by atoms with Crippen LogP contribution in [-0.2, 0) is 4.74 Å². The van der Waals surface area contributed by atoms with Gasteiger partial charge in [0.25, 0.3) is 0 Å². The number of hydrogen-bond donors (Lipinski definition) is 1. The summed E-state index contributed by atoms with van der Waals surface area (Å²) in [5, 5.41) is 3.15. The fraction of sp³-hybridized carbons (Fsp3) is 0.571. The van der Waals surface area contributed by atoms with Gasteiger partial charge < -0.3 is 10.1 Å². The lowest BCUT2D eigenvalue weighted by Gasteiger charge is -2.35. The van der Waals surface area contributed by atoms with Crippen molar-refractivity contribution >= 4 is 5.69 Å². The molecule has 0 amide bonds. The van der Waals surface area contributed by atoms with E-state index in [-0.39, 0.29) is 5.82 Å². The van der Waals surface area contributed by atoms with E-state index in [0.717, 1.165) is 39.3 Å². The zero-order chi connectivity index (χ0) is 12.8. The van der Waals surface area contributed by atoms with Crippen LogP contribution >= 0.6 is 0 Å². The van der Waals surface area contributed by atoms with Crippen molar-refractivity contribution in [1.29, 1.82) is 0 Å². The molecule has 18 heavy (non-hydrogen) atoms. The summed E-state index contributed by atoms with van der Waals surface area (Å²) in [6.07, 6.45) is 1.10. The van der Waals surface area contributed by atoms with E-state index in [0.29, 0.717) is 11.7 Å². The van der Waals surface area contributed by atoms with Gasteiger partial charge in [0.2, 0.25) is 0 Å². The van der Waals surface area contributed by atoms with Crippen LogP contribution in [0.15, 0.2) is 24.3 Å². The molecule has 1 atom stereocenters. The van der Waals surface area contributed by atoms with Crippen molar-refractivity contribution in [1.82, 2.24) is 4.90 Å². The number of rotatable bonds is 5. The molecule has 1 N–H and O–H groups in total. The molecule has 3 nitrogen and oxygen atoms in total. The highest BCUT2D eigenvalue weighted by Gasteiger charge is 2.20. The Hall–Kier alpha value is -1.13. The first kappa shape index (κ1) is 13.3. The second-order valence-electron chi connectivity index (χ2n) is 4.58. The van der Waals surface area contributed by atoms with E-state index in [1.807, 2.05) is 6.07 Å². The molecule has 0 aliphatic carbocycles. The number of halogens is 1. The van der Waals surface area contributed by atoms with Crippen molar-refractivity contribution in [2.75, 3.05) is 38.2 Å². The van der Waals surface area contributed by atoms with Gasteiger partial charge in [-0.05, 0) is 18.6 Å². The third kappa shape index (κ3) is 3.43.